The number of rotatable bonds is 6. The van der Waals surface area contributed by atoms with Gasteiger partial charge >= 0.3 is 6.09 Å². The molecule has 0 spiro atoms. The second kappa shape index (κ2) is 7.70. The predicted octanol–water partition coefficient (Wildman–Crippen LogP) is 4.11. The molecule has 136 valence electrons. The summed E-state index contributed by atoms with van der Waals surface area (Å²) in [4.78, 5) is 15.9. The number of fused-ring (bicyclic) bond motifs is 1. The van der Waals surface area contributed by atoms with Crippen LogP contribution in [0.5, 0.6) is 0 Å². The van der Waals surface area contributed by atoms with Crippen LogP contribution in [0.25, 0.3) is 5.65 Å². The predicted molar refractivity (Wildman–Crippen MR) is 95.9 cm³/mol. The number of alkyl halides is 1. The highest BCUT2D eigenvalue weighted by Crippen LogP contribution is 2.33. The molecule has 3 aromatic rings. The summed E-state index contributed by atoms with van der Waals surface area (Å²) < 4.78 is 14.8. The molecule has 2 atom stereocenters. The zero-order chi connectivity index (χ0) is 18.7. The summed E-state index contributed by atoms with van der Waals surface area (Å²) in [5.74, 6) is -0.226. The number of nitrogens with one attached hydrogen (secondary N) is 1. The fraction of sp³-hybridized carbons (Fsp3) is 0.278. The van der Waals surface area contributed by atoms with Crippen molar-refractivity contribution in [1.29, 1.82) is 0 Å². The van der Waals surface area contributed by atoms with Crippen molar-refractivity contribution in [3.63, 3.8) is 0 Å². The van der Waals surface area contributed by atoms with Gasteiger partial charge in [-0.2, -0.15) is 5.10 Å². The molecule has 1 aromatic carbocycles. The minimum Gasteiger partial charge on any atom is -0.465 e. The first-order valence-corrected chi connectivity index (χ1v) is 8.70. The summed E-state index contributed by atoms with van der Waals surface area (Å²) in [7, 11) is 0. The summed E-state index contributed by atoms with van der Waals surface area (Å²) in [5, 5.41) is 16.1. The monoisotopic (exact) mass is 376 g/mol. The van der Waals surface area contributed by atoms with Gasteiger partial charge in [0.15, 0.2) is 5.65 Å². The molecule has 0 unspecified atom stereocenters. The molecule has 0 fully saturated rings. The number of imidazole rings is 1. The molecule has 8 heteroatoms. The third-order valence-corrected chi connectivity index (χ3v) is 4.60. The van der Waals surface area contributed by atoms with Gasteiger partial charge in [0.1, 0.15) is 5.82 Å². The summed E-state index contributed by atoms with van der Waals surface area (Å²) in [6.45, 7) is 1.95. The molecule has 1 amide bonds. The van der Waals surface area contributed by atoms with Gasteiger partial charge in [0.2, 0.25) is 0 Å². The number of hydrogen-bond acceptors (Lipinski definition) is 3. The van der Waals surface area contributed by atoms with Crippen molar-refractivity contribution < 1.29 is 14.3 Å². The van der Waals surface area contributed by atoms with E-state index in [1.54, 1.807) is 35.1 Å². The van der Waals surface area contributed by atoms with E-state index in [0.29, 0.717) is 23.6 Å². The summed E-state index contributed by atoms with van der Waals surface area (Å²) in [6, 6.07) is 7.28. The summed E-state index contributed by atoms with van der Waals surface area (Å²) in [5.41, 5.74) is 2.79. The van der Waals surface area contributed by atoms with Crippen LogP contribution in [0.3, 0.4) is 0 Å². The Kier molecular flexibility index (Phi) is 5.37. The average molecular weight is 377 g/mol. The van der Waals surface area contributed by atoms with Gasteiger partial charge in [-0.1, -0.05) is 19.1 Å². The van der Waals surface area contributed by atoms with Gasteiger partial charge in [0.25, 0.3) is 0 Å². The molecular weight excluding hydrogens is 359 g/mol. The normalized spacial score (nSPS) is 13.5. The topological polar surface area (TPSA) is 79.5 Å². The molecule has 6 nitrogen and oxygen atoms in total. The van der Waals surface area contributed by atoms with Gasteiger partial charge in [-0.05, 0) is 35.7 Å². The highest BCUT2D eigenvalue weighted by molar-refractivity contribution is 6.17. The van der Waals surface area contributed by atoms with E-state index in [4.69, 9.17) is 11.6 Å². The molecule has 0 aliphatic carbocycles. The van der Waals surface area contributed by atoms with Crippen LogP contribution in [-0.4, -0.2) is 25.8 Å². The number of aromatic nitrogens is 3. The molecule has 0 saturated heterocycles. The maximum absolute atomic E-state index is 13.3. The Morgan fingerprint density at radius 1 is 1.38 bits per heavy atom. The molecular formula is C18H18ClFN4O2. The van der Waals surface area contributed by atoms with Gasteiger partial charge in [-0.3, -0.25) is 0 Å². The Balaban J connectivity index is 2.03. The molecule has 0 bridgehead atoms. The van der Waals surface area contributed by atoms with Crippen molar-refractivity contribution in [3.8, 4) is 0 Å². The van der Waals surface area contributed by atoms with Crippen molar-refractivity contribution in [2.24, 2.45) is 0 Å². The van der Waals surface area contributed by atoms with Gasteiger partial charge < -0.3 is 10.4 Å². The average Bonchev–Trinajstić information content (AvgIpc) is 3.05. The van der Waals surface area contributed by atoms with Crippen LogP contribution in [0.2, 0.25) is 0 Å². The zero-order valence-corrected chi connectivity index (χ0v) is 14.8. The quantitative estimate of drug-likeness (QED) is 0.634. The van der Waals surface area contributed by atoms with Crippen LogP contribution in [0.1, 0.15) is 42.1 Å². The Hall–Kier alpha value is -2.67. The number of hydrogen-bond donors (Lipinski definition) is 2. The molecule has 0 saturated carbocycles. The lowest BCUT2D eigenvalue weighted by Crippen LogP contribution is -2.31. The van der Waals surface area contributed by atoms with Crippen molar-refractivity contribution >= 4 is 23.3 Å². The highest BCUT2D eigenvalue weighted by atomic mass is 35.5. The van der Waals surface area contributed by atoms with Gasteiger partial charge in [-0.25, -0.2) is 18.7 Å². The van der Waals surface area contributed by atoms with Gasteiger partial charge in [0, 0.05) is 11.8 Å². The first kappa shape index (κ1) is 18.1. The van der Waals surface area contributed by atoms with Gasteiger partial charge in [-0.15, -0.1) is 11.6 Å². The van der Waals surface area contributed by atoms with Crippen molar-refractivity contribution in [2.75, 3.05) is 0 Å². The Morgan fingerprint density at radius 3 is 2.73 bits per heavy atom. The third kappa shape index (κ3) is 3.77. The lowest BCUT2D eigenvalue weighted by atomic mass is 9.87. The van der Waals surface area contributed by atoms with Gasteiger partial charge in [0.05, 0.1) is 24.1 Å². The first-order valence-electron chi connectivity index (χ1n) is 8.17. The Labute approximate surface area is 154 Å². The van der Waals surface area contributed by atoms with Crippen molar-refractivity contribution in [3.05, 3.63) is 65.4 Å². The molecule has 0 aliphatic rings. The van der Waals surface area contributed by atoms with E-state index in [-0.39, 0.29) is 11.7 Å². The fourth-order valence-electron chi connectivity index (χ4n) is 3.04. The minimum atomic E-state index is -1.15. The first-order chi connectivity index (χ1) is 12.5. The van der Waals surface area contributed by atoms with Crippen LogP contribution < -0.4 is 5.32 Å². The lowest BCUT2D eigenvalue weighted by molar-refractivity contribution is 0.187. The summed E-state index contributed by atoms with van der Waals surface area (Å²) in [6.07, 6.45) is 2.83. The zero-order valence-electron chi connectivity index (χ0n) is 14.1. The van der Waals surface area contributed by atoms with E-state index in [1.807, 2.05) is 6.92 Å². The Bertz CT molecular complexity index is 913. The SMILES string of the molecule is CC[C@@H](c1ccc(F)cc1)[C@H](NC(=O)O)c1cn2ncc(CCl)cc2n1. The fourth-order valence-corrected chi connectivity index (χ4v) is 3.19. The van der Waals surface area contributed by atoms with Crippen LogP contribution in [0.4, 0.5) is 9.18 Å². The van der Waals surface area contributed by atoms with Crippen LogP contribution in [0.15, 0.2) is 42.7 Å². The van der Waals surface area contributed by atoms with E-state index in [2.05, 4.69) is 15.4 Å². The van der Waals surface area contributed by atoms with E-state index >= 15 is 0 Å². The standard InChI is InChI=1S/C18H18ClFN4O2/c1-2-14(12-3-5-13(20)6-4-12)17(23-18(25)26)15-10-24-16(22-15)7-11(8-19)9-21-24/h3-7,9-10,14,17,23H,2,8H2,1H3,(H,25,26)/t14-,17-/m0/s1. The Morgan fingerprint density at radius 2 is 2.12 bits per heavy atom. The maximum Gasteiger partial charge on any atom is 0.405 e. The summed E-state index contributed by atoms with van der Waals surface area (Å²) >= 11 is 5.83. The molecule has 3 rings (SSSR count). The second-order valence-corrected chi connectivity index (χ2v) is 6.23. The molecule has 26 heavy (non-hydrogen) atoms. The minimum absolute atomic E-state index is 0.205. The molecule has 0 radical (unpaired) electrons. The lowest BCUT2D eigenvalue weighted by Gasteiger charge is -2.25. The number of benzene rings is 1. The molecule has 2 heterocycles. The molecule has 2 aromatic heterocycles. The van der Waals surface area contributed by atoms with Crippen molar-refractivity contribution in [1.82, 2.24) is 19.9 Å². The third-order valence-electron chi connectivity index (χ3n) is 4.29. The van der Waals surface area contributed by atoms with Crippen molar-refractivity contribution in [2.45, 2.75) is 31.2 Å². The second-order valence-electron chi connectivity index (χ2n) is 5.96. The van der Waals surface area contributed by atoms with Crippen LogP contribution in [0, 0.1) is 5.82 Å². The van der Waals surface area contributed by atoms with E-state index in [9.17, 15) is 14.3 Å². The number of carboxylic acid groups (broad SMARTS) is 1. The number of halogens is 2. The largest absolute Gasteiger partial charge is 0.465 e. The molecule has 0 aliphatic heterocycles. The number of amides is 1. The van der Waals surface area contributed by atoms with Crippen LogP contribution >= 0.6 is 11.6 Å². The smallest absolute Gasteiger partial charge is 0.405 e. The maximum atomic E-state index is 13.3. The van der Waals surface area contributed by atoms with E-state index in [0.717, 1.165) is 11.1 Å². The molecule has 2 N–H and O–H groups in total. The van der Waals surface area contributed by atoms with E-state index < -0.39 is 12.1 Å². The van der Waals surface area contributed by atoms with E-state index in [1.165, 1.54) is 12.1 Å². The highest BCUT2D eigenvalue weighted by Gasteiger charge is 2.27. The number of nitrogens with zero attached hydrogens (tertiary/aromatic N) is 3. The number of carbonyl (C=O) groups is 1. The van der Waals surface area contributed by atoms with Crippen LogP contribution in [-0.2, 0) is 5.88 Å².